The zero-order valence-corrected chi connectivity index (χ0v) is 26.8. The Labute approximate surface area is 285 Å². The highest BCUT2D eigenvalue weighted by Crippen LogP contribution is 2.26. The van der Waals surface area contributed by atoms with Crippen LogP contribution in [0.3, 0.4) is 0 Å². The number of carbonyl (C=O) groups is 5. The molecule has 1 unspecified atom stereocenters. The highest BCUT2D eigenvalue weighted by atomic mass is 16.5. The maximum absolute atomic E-state index is 13.5. The van der Waals surface area contributed by atoms with E-state index in [2.05, 4.69) is 26.3 Å². The van der Waals surface area contributed by atoms with Gasteiger partial charge in [-0.05, 0) is 72.1 Å². The number of aromatic amines is 1. The van der Waals surface area contributed by atoms with Gasteiger partial charge in [-0.3, -0.25) is 24.0 Å². The van der Waals surface area contributed by atoms with E-state index >= 15 is 0 Å². The van der Waals surface area contributed by atoms with Gasteiger partial charge in [-0.2, -0.15) is 0 Å². The average Bonchev–Trinajstić information content (AvgIpc) is 3.55. The monoisotopic (exact) mass is 678 g/mol. The molecular weight excluding hydrogens is 644 g/mol. The lowest BCUT2D eigenvalue weighted by Crippen LogP contribution is -2.43. The molecule has 0 saturated carbocycles. The third-order valence-corrected chi connectivity index (χ3v) is 7.61. The molecule has 14 heteroatoms. The fourth-order valence-corrected chi connectivity index (χ4v) is 5.04. The molecule has 0 bridgehead atoms. The summed E-state index contributed by atoms with van der Waals surface area (Å²) in [7, 11) is 1.41. The van der Waals surface area contributed by atoms with Crippen molar-refractivity contribution in [3.63, 3.8) is 0 Å². The SMILES string of the molecule is COc1cc(CNC(=O)c2cc(NC(=O)c3cc4ccccc4[nH]3)cc(C(=O)Nc3ccc(CC(N)C(=O)NCC(=O)O)cc3)c2)ccc1O. The molecule has 5 aromatic rings. The molecule has 5 rings (SSSR count). The summed E-state index contributed by atoms with van der Waals surface area (Å²) in [6.07, 6.45) is 0.132. The van der Waals surface area contributed by atoms with Crippen molar-refractivity contribution in [1.82, 2.24) is 15.6 Å². The molecule has 50 heavy (non-hydrogen) atoms. The van der Waals surface area contributed by atoms with Crippen molar-refractivity contribution in [1.29, 1.82) is 0 Å². The number of benzene rings is 4. The number of fused-ring (bicyclic) bond motifs is 1. The van der Waals surface area contributed by atoms with Crippen LogP contribution in [0.4, 0.5) is 11.4 Å². The molecule has 9 N–H and O–H groups in total. The summed E-state index contributed by atoms with van der Waals surface area (Å²) >= 11 is 0. The van der Waals surface area contributed by atoms with E-state index in [0.29, 0.717) is 16.8 Å². The van der Waals surface area contributed by atoms with Crippen molar-refractivity contribution < 1.29 is 38.9 Å². The number of hydrogen-bond donors (Lipinski definition) is 8. The van der Waals surface area contributed by atoms with Crippen molar-refractivity contribution in [2.24, 2.45) is 5.73 Å². The lowest BCUT2D eigenvalue weighted by atomic mass is 10.0. The number of carboxylic acids is 1. The zero-order chi connectivity index (χ0) is 35.8. The molecule has 1 aromatic heterocycles. The molecule has 0 radical (unpaired) electrons. The van der Waals surface area contributed by atoms with E-state index in [0.717, 1.165) is 10.9 Å². The second-order valence-corrected chi connectivity index (χ2v) is 11.3. The predicted molar refractivity (Wildman–Crippen MR) is 185 cm³/mol. The fourth-order valence-electron chi connectivity index (χ4n) is 5.04. The fraction of sp³-hybridized carbons (Fsp3) is 0.139. The first-order valence-corrected chi connectivity index (χ1v) is 15.3. The number of amides is 4. The van der Waals surface area contributed by atoms with Crippen LogP contribution in [0.1, 0.15) is 42.3 Å². The summed E-state index contributed by atoms with van der Waals surface area (Å²) < 4.78 is 5.14. The Balaban J connectivity index is 1.33. The minimum atomic E-state index is -1.18. The number of rotatable bonds is 13. The van der Waals surface area contributed by atoms with Gasteiger partial charge in [0, 0.05) is 39.9 Å². The molecular formula is C36H34N6O8. The molecule has 0 aliphatic heterocycles. The number of phenolic OH excluding ortho intramolecular Hbond substituents is 1. The smallest absolute Gasteiger partial charge is 0.322 e. The third-order valence-electron chi connectivity index (χ3n) is 7.61. The Kier molecular flexibility index (Phi) is 10.7. The van der Waals surface area contributed by atoms with E-state index in [-0.39, 0.29) is 47.0 Å². The number of hydrogen-bond acceptors (Lipinski definition) is 8. The Bertz CT molecular complexity index is 2040. The summed E-state index contributed by atoms with van der Waals surface area (Å²) in [5, 5.41) is 30.0. The predicted octanol–water partition coefficient (Wildman–Crippen LogP) is 3.39. The normalized spacial score (nSPS) is 11.3. The summed E-state index contributed by atoms with van der Waals surface area (Å²) in [5.74, 6) is -3.17. The van der Waals surface area contributed by atoms with E-state index in [4.69, 9.17) is 15.6 Å². The van der Waals surface area contributed by atoms with Gasteiger partial charge in [0.15, 0.2) is 11.5 Å². The standard InChI is InChI=1S/C36H34N6O8/c1-50-31-13-21(8-11-30(31)43)18-38-33(46)23-14-24(16-26(15-23)41-36(49)29-17-22-4-2-3-5-28(22)42-29)34(47)40-25-9-6-20(7-10-25)12-27(37)35(48)39-19-32(44)45/h2-11,13-17,27,42-43H,12,18-19,37H2,1H3,(H,38,46)(H,39,48)(H,40,47)(H,41,49)(H,44,45). The van der Waals surface area contributed by atoms with E-state index in [1.807, 2.05) is 24.3 Å². The number of nitrogens with two attached hydrogens (primary N) is 1. The number of nitrogens with one attached hydrogen (secondary N) is 5. The number of H-pyrrole nitrogens is 1. The number of aromatic nitrogens is 1. The summed E-state index contributed by atoms with van der Waals surface area (Å²) in [5.41, 5.74) is 9.05. The number of carboxylic acid groups (broad SMARTS) is 1. The molecule has 4 aromatic carbocycles. The van der Waals surface area contributed by atoms with Crippen LogP contribution in [-0.2, 0) is 22.6 Å². The molecule has 0 saturated heterocycles. The number of carbonyl (C=O) groups excluding carboxylic acids is 4. The molecule has 0 aliphatic rings. The van der Waals surface area contributed by atoms with Crippen LogP contribution in [0.2, 0.25) is 0 Å². The molecule has 0 aliphatic carbocycles. The van der Waals surface area contributed by atoms with Crippen LogP contribution in [0, 0.1) is 0 Å². The van der Waals surface area contributed by atoms with E-state index in [1.54, 1.807) is 42.5 Å². The average molecular weight is 679 g/mol. The number of anilines is 2. The Morgan fingerprint density at radius 3 is 2.16 bits per heavy atom. The van der Waals surface area contributed by atoms with Gasteiger partial charge in [0.2, 0.25) is 5.91 Å². The largest absolute Gasteiger partial charge is 0.504 e. The first-order valence-electron chi connectivity index (χ1n) is 15.3. The van der Waals surface area contributed by atoms with Crippen molar-refractivity contribution in [3.05, 3.63) is 119 Å². The number of methoxy groups -OCH3 is 1. The van der Waals surface area contributed by atoms with Crippen LogP contribution in [-0.4, -0.2) is 64.5 Å². The first kappa shape index (κ1) is 34.7. The second-order valence-electron chi connectivity index (χ2n) is 11.3. The van der Waals surface area contributed by atoms with Crippen LogP contribution < -0.4 is 31.7 Å². The lowest BCUT2D eigenvalue weighted by molar-refractivity contribution is -0.138. The number of ether oxygens (including phenoxy) is 1. The van der Waals surface area contributed by atoms with Crippen LogP contribution in [0.5, 0.6) is 11.5 Å². The summed E-state index contributed by atoms with van der Waals surface area (Å²) in [6.45, 7) is -0.456. The molecule has 256 valence electrons. The van der Waals surface area contributed by atoms with Gasteiger partial charge in [0.1, 0.15) is 12.2 Å². The van der Waals surface area contributed by atoms with Gasteiger partial charge < -0.3 is 46.9 Å². The lowest BCUT2D eigenvalue weighted by Gasteiger charge is -2.13. The summed E-state index contributed by atoms with van der Waals surface area (Å²) in [6, 6.07) is 23.6. The van der Waals surface area contributed by atoms with Crippen LogP contribution >= 0.6 is 0 Å². The van der Waals surface area contributed by atoms with E-state index in [9.17, 15) is 29.1 Å². The van der Waals surface area contributed by atoms with Crippen LogP contribution in [0.15, 0.2) is 91.0 Å². The van der Waals surface area contributed by atoms with Gasteiger partial charge in [-0.25, -0.2) is 0 Å². The highest BCUT2D eigenvalue weighted by Gasteiger charge is 2.18. The molecule has 0 spiro atoms. The zero-order valence-electron chi connectivity index (χ0n) is 26.8. The minimum Gasteiger partial charge on any atom is -0.504 e. The van der Waals surface area contributed by atoms with Crippen LogP contribution in [0.25, 0.3) is 10.9 Å². The maximum atomic E-state index is 13.5. The molecule has 1 atom stereocenters. The van der Waals surface area contributed by atoms with Gasteiger partial charge in [0.05, 0.1) is 13.2 Å². The molecule has 14 nitrogen and oxygen atoms in total. The molecule has 4 amide bonds. The van der Waals surface area contributed by atoms with Gasteiger partial charge >= 0.3 is 5.97 Å². The topological polar surface area (TPSA) is 225 Å². The minimum absolute atomic E-state index is 0.0461. The molecule has 0 fully saturated rings. The van der Waals surface area contributed by atoms with Crippen molar-refractivity contribution in [2.75, 3.05) is 24.3 Å². The van der Waals surface area contributed by atoms with Gasteiger partial charge in [-0.1, -0.05) is 36.4 Å². The Morgan fingerprint density at radius 1 is 0.780 bits per heavy atom. The van der Waals surface area contributed by atoms with Crippen molar-refractivity contribution in [3.8, 4) is 11.5 Å². The van der Waals surface area contributed by atoms with Gasteiger partial charge in [0.25, 0.3) is 17.7 Å². The Morgan fingerprint density at radius 2 is 1.46 bits per heavy atom. The maximum Gasteiger partial charge on any atom is 0.322 e. The second kappa shape index (κ2) is 15.5. The third kappa shape index (κ3) is 8.81. The number of para-hydroxylation sites is 1. The van der Waals surface area contributed by atoms with Gasteiger partial charge in [-0.15, -0.1) is 0 Å². The van der Waals surface area contributed by atoms with E-state index in [1.165, 1.54) is 31.4 Å². The number of aliphatic carboxylic acids is 1. The van der Waals surface area contributed by atoms with Crippen molar-refractivity contribution >= 4 is 51.9 Å². The molecule has 1 heterocycles. The quantitative estimate of drug-likeness (QED) is 0.0912. The number of phenols is 1. The Hall–Kier alpha value is -6.67. The van der Waals surface area contributed by atoms with Crippen molar-refractivity contribution in [2.45, 2.75) is 19.0 Å². The highest BCUT2D eigenvalue weighted by molar-refractivity contribution is 6.10. The summed E-state index contributed by atoms with van der Waals surface area (Å²) in [4.78, 5) is 65.8. The van der Waals surface area contributed by atoms with E-state index < -0.39 is 42.2 Å². The first-order chi connectivity index (χ1) is 24.0. The number of aromatic hydroxyl groups is 1.